The van der Waals surface area contributed by atoms with Crippen LogP contribution in [0.4, 0.5) is 0 Å². The Morgan fingerprint density at radius 2 is 2.00 bits per heavy atom. The normalized spacial score (nSPS) is 21.5. The summed E-state index contributed by atoms with van der Waals surface area (Å²) < 4.78 is 16.1. The minimum atomic E-state index is -0.621. The molecular weight excluding hydrogens is 258 g/mol. The maximum absolute atomic E-state index is 12.4. The fourth-order valence-electron chi connectivity index (χ4n) is 2.53. The second-order valence-corrected chi connectivity index (χ2v) is 5.78. The SMILES string of the molecule is CCOC(=O)C(COCCCOC)(NC1CC1)C1CC1. The first-order chi connectivity index (χ1) is 9.73. The van der Waals surface area contributed by atoms with Gasteiger partial charge in [0.05, 0.1) is 13.2 Å². The van der Waals surface area contributed by atoms with E-state index in [1.165, 1.54) is 0 Å². The van der Waals surface area contributed by atoms with Crippen LogP contribution in [0.3, 0.4) is 0 Å². The smallest absolute Gasteiger partial charge is 0.329 e. The van der Waals surface area contributed by atoms with Gasteiger partial charge in [0, 0.05) is 26.4 Å². The van der Waals surface area contributed by atoms with Crippen LogP contribution in [-0.2, 0) is 19.0 Å². The number of rotatable bonds is 11. The summed E-state index contributed by atoms with van der Waals surface area (Å²) in [5, 5.41) is 3.51. The third kappa shape index (κ3) is 4.17. The van der Waals surface area contributed by atoms with Crippen LogP contribution < -0.4 is 5.32 Å². The average molecular weight is 285 g/mol. The molecule has 2 fully saturated rings. The van der Waals surface area contributed by atoms with Crippen molar-refractivity contribution in [3.63, 3.8) is 0 Å². The molecule has 0 aliphatic heterocycles. The molecule has 0 aromatic heterocycles. The minimum Gasteiger partial charge on any atom is -0.465 e. The summed E-state index contributed by atoms with van der Waals surface area (Å²) in [6.07, 6.45) is 5.32. The lowest BCUT2D eigenvalue weighted by Gasteiger charge is -2.32. The van der Waals surface area contributed by atoms with Crippen molar-refractivity contribution < 1.29 is 19.0 Å². The topological polar surface area (TPSA) is 56.8 Å². The van der Waals surface area contributed by atoms with Crippen molar-refractivity contribution in [1.82, 2.24) is 5.32 Å². The summed E-state index contributed by atoms with van der Waals surface area (Å²) in [5.41, 5.74) is -0.621. The molecule has 5 heteroatoms. The molecule has 0 aromatic carbocycles. The van der Waals surface area contributed by atoms with E-state index in [2.05, 4.69) is 5.32 Å². The average Bonchev–Trinajstić information content (AvgIpc) is 3.29. The highest BCUT2D eigenvalue weighted by molar-refractivity contribution is 5.82. The first-order valence-electron chi connectivity index (χ1n) is 7.74. The predicted octanol–water partition coefficient (Wildman–Crippen LogP) is 1.50. The Hall–Kier alpha value is -0.650. The molecule has 0 saturated heterocycles. The Morgan fingerprint density at radius 3 is 2.55 bits per heavy atom. The number of esters is 1. The van der Waals surface area contributed by atoms with E-state index in [-0.39, 0.29) is 5.97 Å². The molecule has 0 aromatic rings. The fourth-order valence-corrected chi connectivity index (χ4v) is 2.53. The Kier molecular flexibility index (Phi) is 5.81. The summed E-state index contributed by atoms with van der Waals surface area (Å²) in [4.78, 5) is 12.4. The molecule has 2 aliphatic carbocycles. The second kappa shape index (κ2) is 7.38. The van der Waals surface area contributed by atoms with Gasteiger partial charge in [-0.2, -0.15) is 0 Å². The van der Waals surface area contributed by atoms with Crippen molar-refractivity contribution in [3.8, 4) is 0 Å². The molecule has 1 N–H and O–H groups in total. The number of methoxy groups -OCH3 is 1. The van der Waals surface area contributed by atoms with Gasteiger partial charge in [0.15, 0.2) is 0 Å². The lowest BCUT2D eigenvalue weighted by molar-refractivity contribution is -0.156. The van der Waals surface area contributed by atoms with Gasteiger partial charge in [0.1, 0.15) is 5.54 Å². The standard InChI is InChI=1S/C15H27NO4/c1-3-20-14(17)15(12-5-6-12,16-13-7-8-13)11-19-10-4-9-18-2/h12-13,16H,3-11H2,1-2H3. The van der Waals surface area contributed by atoms with Crippen molar-refractivity contribution in [1.29, 1.82) is 0 Å². The molecule has 5 nitrogen and oxygen atoms in total. The maximum atomic E-state index is 12.4. The van der Waals surface area contributed by atoms with Crippen molar-refractivity contribution in [2.75, 3.05) is 33.5 Å². The maximum Gasteiger partial charge on any atom is 0.329 e. The van der Waals surface area contributed by atoms with Crippen molar-refractivity contribution in [2.24, 2.45) is 5.92 Å². The number of hydrogen-bond donors (Lipinski definition) is 1. The third-order valence-electron chi connectivity index (χ3n) is 3.92. The molecule has 116 valence electrons. The molecule has 0 spiro atoms. The van der Waals surface area contributed by atoms with Gasteiger partial charge in [0.25, 0.3) is 0 Å². The van der Waals surface area contributed by atoms with Gasteiger partial charge in [-0.1, -0.05) is 0 Å². The van der Waals surface area contributed by atoms with Crippen LogP contribution in [0.5, 0.6) is 0 Å². The lowest BCUT2D eigenvalue weighted by atomic mass is 9.93. The largest absolute Gasteiger partial charge is 0.465 e. The molecule has 0 amide bonds. The van der Waals surface area contributed by atoms with Gasteiger partial charge in [-0.15, -0.1) is 0 Å². The second-order valence-electron chi connectivity index (χ2n) is 5.78. The highest BCUT2D eigenvalue weighted by Gasteiger charge is 2.54. The summed E-state index contributed by atoms with van der Waals surface area (Å²) >= 11 is 0. The molecule has 20 heavy (non-hydrogen) atoms. The van der Waals surface area contributed by atoms with Crippen LogP contribution in [0.25, 0.3) is 0 Å². The van der Waals surface area contributed by atoms with E-state index >= 15 is 0 Å². The molecule has 1 unspecified atom stereocenters. The van der Waals surface area contributed by atoms with Gasteiger partial charge >= 0.3 is 5.97 Å². The van der Waals surface area contributed by atoms with Crippen LogP contribution in [0.15, 0.2) is 0 Å². The fraction of sp³-hybridized carbons (Fsp3) is 0.933. The molecular formula is C15H27NO4. The van der Waals surface area contributed by atoms with Crippen molar-refractivity contribution in [2.45, 2.75) is 50.6 Å². The van der Waals surface area contributed by atoms with Crippen LogP contribution in [0, 0.1) is 5.92 Å². The molecule has 2 saturated carbocycles. The van der Waals surface area contributed by atoms with E-state index in [4.69, 9.17) is 14.2 Å². The first kappa shape index (κ1) is 15.7. The molecule has 0 radical (unpaired) electrons. The highest BCUT2D eigenvalue weighted by Crippen LogP contribution is 2.42. The van der Waals surface area contributed by atoms with Crippen LogP contribution >= 0.6 is 0 Å². The van der Waals surface area contributed by atoms with E-state index in [9.17, 15) is 4.79 Å². The number of ether oxygens (including phenoxy) is 3. The first-order valence-corrected chi connectivity index (χ1v) is 7.74. The highest BCUT2D eigenvalue weighted by atomic mass is 16.5. The minimum absolute atomic E-state index is 0.138. The summed E-state index contributed by atoms with van der Waals surface area (Å²) in [7, 11) is 1.68. The Labute approximate surface area is 121 Å². The summed E-state index contributed by atoms with van der Waals surface area (Å²) in [6.45, 7) is 3.99. The number of nitrogens with one attached hydrogen (secondary N) is 1. The monoisotopic (exact) mass is 285 g/mol. The number of hydrogen-bond acceptors (Lipinski definition) is 5. The van der Waals surface area contributed by atoms with E-state index in [0.29, 0.717) is 38.4 Å². The summed E-state index contributed by atoms with van der Waals surface area (Å²) in [6, 6.07) is 0.461. The Balaban J connectivity index is 1.91. The van der Waals surface area contributed by atoms with Crippen molar-refractivity contribution >= 4 is 5.97 Å². The Bertz CT molecular complexity index is 315. The zero-order chi connectivity index (χ0) is 14.4. The van der Waals surface area contributed by atoms with Gasteiger partial charge in [0.2, 0.25) is 0 Å². The van der Waals surface area contributed by atoms with Gasteiger partial charge in [-0.25, -0.2) is 4.79 Å². The van der Waals surface area contributed by atoms with E-state index in [1.807, 2.05) is 6.92 Å². The molecule has 0 bridgehead atoms. The van der Waals surface area contributed by atoms with Crippen LogP contribution in [-0.4, -0.2) is 51.1 Å². The van der Waals surface area contributed by atoms with Gasteiger partial charge in [-0.05, 0) is 44.9 Å². The quantitative estimate of drug-likeness (QED) is 0.460. The zero-order valence-electron chi connectivity index (χ0n) is 12.7. The van der Waals surface area contributed by atoms with Gasteiger partial charge < -0.3 is 14.2 Å². The summed E-state index contributed by atoms with van der Waals surface area (Å²) in [5.74, 6) is 0.228. The van der Waals surface area contributed by atoms with Crippen LogP contribution in [0.2, 0.25) is 0 Å². The van der Waals surface area contributed by atoms with Crippen LogP contribution in [0.1, 0.15) is 39.0 Å². The molecule has 2 rings (SSSR count). The van der Waals surface area contributed by atoms with Gasteiger partial charge in [-0.3, -0.25) is 5.32 Å². The number of carbonyl (C=O) groups is 1. The predicted molar refractivity (Wildman–Crippen MR) is 75.6 cm³/mol. The molecule has 1 atom stereocenters. The zero-order valence-corrected chi connectivity index (χ0v) is 12.7. The van der Waals surface area contributed by atoms with E-state index in [1.54, 1.807) is 7.11 Å². The van der Waals surface area contributed by atoms with Crippen molar-refractivity contribution in [3.05, 3.63) is 0 Å². The number of carbonyl (C=O) groups excluding carboxylic acids is 1. The lowest BCUT2D eigenvalue weighted by Crippen LogP contribution is -2.59. The van der Waals surface area contributed by atoms with E-state index in [0.717, 1.165) is 32.1 Å². The van der Waals surface area contributed by atoms with E-state index < -0.39 is 5.54 Å². The molecule has 2 aliphatic rings. The third-order valence-corrected chi connectivity index (χ3v) is 3.92. The molecule has 0 heterocycles. The Morgan fingerprint density at radius 1 is 1.25 bits per heavy atom.